The lowest BCUT2D eigenvalue weighted by atomic mass is 10.1. The predicted octanol–water partition coefficient (Wildman–Crippen LogP) is 2.56. The number of hydrogen-bond donors (Lipinski definition) is 2. The predicted molar refractivity (Wildman–Crippen MR) is 73.2 cm³/mol. The largest absolute Gasteiger partial charge is 0.396 e. The van der Waals surface area contributed by atoms with Crippen LogP contribution in [0.15, 0.2) is 12.1 Å². The van der Waals surface area contributed by atoms with Gasteiger partial charge in [-0.1, -0.05) is 0 Å². The Kier molecular flexibility index (Phi) is 3.99. The van der Waals surface area contributed by atoms with Crippen molar-refractivity contribution in [2.45, 2.75) is 24.5 Å². The molecule has 1 fully saturated rings. The van der Waals surface area contributed by atoms with Gasteiger partial charge >= 0.3 is 0 Å². The lowest BCUT2D eigenvalue weighted by Gasteiger charge is -2.22. The average molecular weight is 286 g/mol. The molecule has 0 bridgehead atoms. The smallest absolute Gasteiger partial charge is 0.254 e. The van der Waals surface area contributed by atoms with E-state index in [1.54, 1.807) is 11.8 Å². The normalized spacial score (nSPS) is 22.5. The van der Waals surface area contributed by atoms with Crippen LogP contribution in [0, 0.1) is 11.6 Å². The standard InChI is InChI=1S/C13H16F2N2OS/c1-13(3-2-4-19-13)7-17-12(18)9-5-8(14)6-10(16)11(9)15/h5-6H,2-4,7,16H2,1H3,(H,17,18). The molecule has 0 radical (unpaired) electrons. The molecule has 1 atom stereocenters. The molecular weight excluding hydrogens is 270 g/mol. The maximum atomic E-state index is 13.7. The number of carbonyl (C=O) groups excluding carboxylic acids is 1. The Morgan fingerprint density at radius 1 is 1.53 bits per heavy atom. The zero-order valence-electron chi connectivity index (χ0n) is 10.6. The highest BCUT2D eigenvalue weighted by molar-refractivity contribution is 8.00. The number of anilines is 1. The van der Waals surface area contributed by atoms with E-state index < -0.39 is 17.5 Å². The fourth-order valence-corrected chi connectivity index (χ4v) is 3.36. The molecular formula is C13H16F2N2OS. The fourth-order valence-electron chi connectivity index (χ4n) is 2.11. The summed E-state index contributed by atoms with van der Waals surface area (Å²) in [6, 6.07) is 1.73. The molecule has 2 rings (SSSR count). The number of nitrogens with one attached hydrogen (secondary N) is 1. The van der Waals surface area contributed by atoms with Crippen LogP contribution in [0.25, 0.3) is 0 Å². The molecule has 1 saturated heterocycles. The number of carbonyl (C=O) groups is 1. The van der Waals surface area contributed by atoms with Gasteiger partial charge in [-0.3, -0.25) is 4.79 Å². The molecule has 0 aliphatic carbocycles. The van der Waals surface area contributed by atoms with E-state index in [1.807, 2.05) is 0 Å². The summed E-state index contributed by atoms with van der Waals surface area (Å²) in [5.41, 5.74) is 4.61. The molecule has 6 heteroatoms. The van der Waals surface area contributed by atoms with Gasteiger partial charge in [0.1, 0.15) is 5.82 Å². The summed E-state index contributed by atoms with van der Waals surface area (Å²) in [6.45, 7) is 2.49. The van der Waals surface area contributed by atoms with Crippen LogP contribution >= 0.6 is 11.8 Å². The van der Waals surface area contributed by atoms with E-state index in [4.69, 9.17) is 5.73 Å². The molecule has 1 aromatic carbocycles. The summed E-state index contributed by atoms with van der Waals surface area (Å²) in [7, 11) is 0. The Morgan fingerprint density at radius 3 is 2.89 bits per heavy atom. The van der Waals surface area contributed by atoms with Crippen molar-refractivity contribution in [3.8, 4) is 0 Å². The highest BCUT2D eigenvalue weighted by Gasteiger charge is 2.30. The third kappa shape index (κ3) is 3.18. The summed E-state index contributed by atoms with van der Waals surface area (Å²) in [5.74, 6) is -1.15. The van der Waals surface area contributed by atoms with Gasteiger partial charge in [-0.25, -0.2) is 8.78 Å². The van der Waals surface area contributed by atoms with E-state index in [1.165, 1.54) is 0 Å². The minimum atomic E-state index is -0.872. The Labute approximate surface area is 114 Å². The Bertz CT molecular complexity index is 502. The quantitative estimate of drug-likeness (QED) is 0.840. The summed E-state index contributed by atoms with van der Waals surface area (Å²) in [5, 5.41) is 2.65. The summed E-state index contributed by atoms with van der Waals surface area (Å²) in [4.78, 5) is 11.9. The van der Waals surface area contributed by atoms with E-state index in [9.17, 15) is 13.6 Å². The Morgan fingerprint density at radius 2 is 2.26 bits per heavy atom. The number of hydrogen-bond acceptors (Lipinski definition) is 3. The summed E-state index contributed by atoms with van der Waals surface area (Å²) in [6.07, 6.45) is 2.12. The van der Waals surface area contributed by atoms with Crippen molar-refractivity contribution in [2.75, 3.05) is 18.0 Å². The number of thioether (sulfide) groups is 1. The van der Waals surface area contributed by atoms with E-state index in [0.29, 0.717) is 6.54 Å². The average Bonchev–Trinajstić information content (AvgIpc) is 2.78. The van der Waals surface area contributed by atoms with Gasteiger partial charge in [0.25, 0.3) is 5.91 Å². The monoisotopic (exact) mass is 286 g/mol. The number of halogens is 2. The van der Waals surface area contributed by atoms with E-state index >= 15 is 0 Å². The minimum absolute atomic E-state index is 0.0228. The molecule has 3 nitrogen and oxygen atoms in total. The van der Waals surface area contributed by atoms with Crippen molar-refractivity contribution in [1.29, 1.82) is 0 Å². The number of nitrogens with two attached hydrogens (primary N) is 1. The van der Waals surface area contributed by atoms with Gasteiger partial charge < -0.3 is 11.1 Å². The first-order chi connectivity index (χ1) is 8.91. The van der Waals surface area contributed by atoms with Crippen LogP contribution in [0.3, 0.4) is 0 Å². The first-order valence-electron chi connectivity index (χ1n) is 6.08. The van der Waals surface area contributed by atoms with Crippen molar-refractivity contribution in [2.24, 2.45) is 0 Å². The molecule has 0 spiro atoms. The van der Waals surface area contributed by atoms with Gasteiger partial charge in [0.05, 0.1) is 11.3 Å². The summed E-state index contributed by atoms with van der Waals surface area (Å²) >= 11 is 1.79. The highest BCUT2D eigenvalue weighted by Crippen LogP contribution is 2.37. The lowest BCUT2D eigenvalue weighted by Crippen LogP contribution is -2.37. The van der Waals surface area contributed by atoms with Gasteiger partial charge in [-0.2, -0.15) is 11.8 Å². The topological polar surface area (TPSA) is 55.1 Å². The molecule has 104 valence electrons. The fraction of sp³-hybridized carbons (Fsp3) is 0.462. The van der Waals surface area contributed by atoms with E-state index in [2.05, 4.69) is 12.2 Å². The van der Waals surface area contributed by atoms with Crippen LogP contribution < -0.4 is 11.1 Å². The Balaban J connectivity index is 2.08. The van der Waals surface area contributed by atoms with E-state index in [0.717, 1.165) is 30.7 Å². The second-order valence-electron chi connectivity index (χ2n) is 4.94. The maximum absolute atomic E-state index is 13.7. The van der Waals surface area contributed by atoms with E-state index in [-0.39, 0.29) is 16.0 Å². The third-order valence-corrected chi connectivity index (χ3v) is 4.77. The second-order valence-corrected chi connectivity index (χ2v) is 6.62. The van der Waals surface area contributed by atoms with Crippen LogP contribution in [0.5, 0.6) is 0 Å². The van der Waals surface area contributed by atoms with Crippen molar-refractivity contribution < 1.29 is 13.6 Å². The van der Waals surface area contributed by atoms with Crippen LogP contribution in [0.2, 0.25) is 0 Å². The molecule has 1 aliphatic rings. The van der Waals surface area contributed by atoms with Gasteiger partial charge in [0, 0.05) is 11.3 Å². The zero-order chi connectivity index (χ0) is 14.0. The molecule has 1 heterocycles. The van der Waals surface area contributed by atoms with Crippen LogP contribution in [-0.4, -0.2) is 23.0 Å². The molecule has 0 saturated carbocycles. The zero-order valence-corrected chi connectivity index (χ0v) is 11.4. The second kappa shape index (κ2) is 5.36. The van der Waals surface area contributed by atoms with Crippen LogP contribution in [-0.2, 0) is 0 Å². The molecule has 3 N–H and O–H groups in total. The van der Waals surface area contributed by atoms with Gasteiger partial charge in [0.15, 0.2) is 5.82 Å². The summed E-state index contributed by atoms with van der Waals surface area (Å²) < 4.78 is 26.8. The SMILES string of the molecule is CC1(CNC(=O)c2cc(F)cc(N)c2F)CCCS1. The molecule has 0 aromatic heterocycles. The van der Waals surface area contributed by atoms with Crippen molar-refractivity contribution in [3.63, 3.8) is 0 Å². The van der Waals surface area contributed by atoms with Crippen molar-refractivity contribution in [3.05, 3.63) is 29.3 Å². The first kappa shape index (κ1) is 14.1. The van der Waals surface area contributed by atoms with Crippen LogP contribution in [0.4, 0.5) is 14.5 Å². The third-order valence-electron chi connectivity index (χ3n) is 3.23. The molecule has 1 unspecified atom stereocenters. The number of amides is 1. The molecule has 1 aliphatic heterocycles. The van der Waals surface area contributed by atoms with Gasteiger partial charge in [-0.15, -0.1) is 0 Å². The van der Waals surface area contributed by atoms with Gasteiger partial charge in [-0.05, 0) is 37.7 Å². The maximum Gasteiger partial charge on any atom is 0.254 e. The van der Waals surface area contributed by atoms with Crippen molar-refractivity contribution in [1.82, 2.24) is 5.32 Å². The highest BCUT2D eigenvalue weighted by atomic mass is 32.2. The molecule has 1 aromatic rings. The lowest BCUT2D eigenvalue weighted by molar-refractivity contribution is 0.0945. The van der Waals surface area contributed by atoms with Crippen LogP contribution in [0.1, 0.15) is 30.1 Å². The number of nitrogen functional groups attached to an aromatic ring is 1. The first-order valence-corrected chi connectivity index (χ1v) is 7.06. The minimum Gasteiger partial charge on any atom is -0.396 e. The van der Waals surface area contributed by atoms with Crippen molar-refractivity contribution >= 4 is 23.4 Å². The molecule has 1 amide bonds. The molecule has 19 heavy (non-hydrogen) atoms. The number of benzene rings is 1. The number of rotatable bonds is 3. The van der Waals surface area contributed by atoms with Gasteiger partial charge in [0.2, 0.25) is 0 Å². The Hall–Kier alpha value is -1.30.